The maximum absolute atomic E-state index is 12.1. The van der Waals surface area contributed by atoms with E-state index in [2.05, 4.69) is 15.6 Å². The average molecular weight is 355 g/mol. The molecule has 1 aliphatic rings. The number of anilines is 1. The van der Waals surface area contributed by atoms with Crippen molar-refractivity contribution in [1.82, 2.24) is 14.9 Å². The molecule has 2 aromatic rings. The molecule has 3 rings (SSSR count). The van der Waals surface area contributed by atoms with E-state index in [0.717, 1.165) is 22.3 Å². The minimum atomic E-state index is -0.421. The SMILES string of the molecule is Cl.Cn1ccnc1Sc1ccc(NC(=O)C2CNCCO2)cc1. The number of amides is 1. The first-order chi connectivity index (χ1) is 10.7. The first-order valence-corrected chi connectivity index (χ1v) is 7.92. The van der Waals surface area contributed by atoms with Gasteiger partial charge in [-0.05, 0) is 24.3 Å². The van der Waals surface area contributed by atoms with Gasteiger partial charge >= 0.3 is 0 Å². The summed E-state index contributed by atoms with van der Waals surface area (Å²) in [5.41, 5.74) is 0.767. The molecule has 1 amide bonds. The minimum absolute atomic E-state index is 0. The van der Waals surface area contributed by atoms with E-state index in [0.29, 0.717) is 13.2 Å². The normalized spacial score (nSPS) is 17.3. The fourth-order valence-corrected chi connectivity index (χ4v) is 2.92. The molecule has 2 N–H and O–H groups in total. The van der Waals surface area contributed by atoms with Crippen LogP contribution in [-0.2, 0) is 16.6 Å². The summed E-state index contributed by atoms with van der Waals surface area (Å²) in [7, 11) is 1.96. The summed E-state index contributed by atoms with van der Waals surface area (Å²) in [6.45, 7) is 1.92. The second-order valence-corrected chi connectivity index (χ2v) is 6.04. The number of nitrogens with one attached hydrogen (secondary N) is 2. The number of ether oxygens (including phenoxy) is 1. The number of aryl methyl sites for hydroxylation is 1. The lowest BCUT2D eigenvalue weighted by Gasteiger charge is -2.22. The maximum Gasteiger partial charge on any atom is 0.254 e. The Morgan fingerprint density at radius 1 is 1.43 bits per heavy atom. The van der Waals surface area contributed by atoms with Crippen LogP contribution < -0.4 is 10.6 Å². The van der Waals surface area contributed by atoms with Crippen molar-refractivity contribution in [3.05, 3.63) is 36.7 Å². The minimum Gasteiger partial charge on any atom is -0.366 e. The number of nitrogens with zero attached hydrogens (tertiary/aromatic N) is 2. The van der Waals surface area contributed by atoms with Gasteiger partial charge in [0.15, 0.2) is 5.16 Å². The van der Waals surface area contributed by atoms with Crippen LogP contribution in [0.5, 0.6) is 0 Å². The number of aromatic nitrogens is 2. The molecule has 1 saturated heterocycles. The second kappa shape index (κ2) is 8.35. The Hall–Kier alpha value is -1.54. The lowest BCUT2D eigenvalue weighted by molar-refractivity contribution is -0.128. The number of hydrogen-bond acceptors (Lipinski definition) is 5. The molecule has 124 valence electrons. The number of carbonyl (C=O) groups excluding carboxylic acids is 1. The number of imidazole rings is 1. The van der Waals surface area contributed by atoms with Crippen LogP contribution in [-0.4, -0.2) is 41.3 Å². The van der Waals surface area contributed by atoms with E-state index in [1.54, 1.807) is 18.0 Å². The van der Waals surface area contributed by atoms with Crippen molar-refractivity contribution in [2.24, 2.45) is 7.05 Å². The van der Waals surface area contributed by atoms with Crippen molar-refractivity contribution in [1.29, 1.82) is 0 Å². The van der Waals surface area contributed by atoms with Crippen LogP contribution in [0.15, 0.2) is 46.7 Å². The van der Waals surface area contributed by atoms with Crippen molar-refractivity contribution in [3.63, 3.8) is 0 Å². The highest BCUT2D eigenvalue weighted by Crippen LogP contribution is 2.26. The standard InChI is InChI=1S/C15H18N4O2S.ClH/c1-19-8-6-17-15(19)22-12-4-2-11(3-5-12)18-14(20)13-10-16-7-9-21-13;/h2-6,8,13,16H,7,9-10H2,1H3,(H,18,20);1H. The van der Waals surface area contributed by atoms with Gasteiger partial charge in [0, 0.05) is 43.1 Å². The number of halogens is 1. The summed E-state index contributed by atoms with van der Waals surface area (Å²) in [5.74, 6) is -0.114. The molecule has 1 aliphatic heterocycles. The summed E-state index contributed by atoms with van der Waals surface area (Å²) < 4.78 is 7.40. The van der Waals surface area contributed by atoms with Gasteiger partial charge in [0.25, 0.3) is 5.91 Å². The third kappa shape index (κ3) is 4.71. The Bertz CT molecular complexity index is 641. The first kappa shape index (κ1) is 17.8. The van der Waals surface area contributed by atoms with Crippen LogP contribution in [0.1, 0.15) is 0 Å². The Morgan fingerprint density at radius 2 is 2.22 bits per heavy atom. The number of morpholine rings is 1. The van der Waals surface area contributed by atoms with E-state index in [1.807, 2.05) is 42.1 Å². The maximum atomic E-state index is 12.1. The van der Waals surface area contributed by atoms with E-state index in [9.17, 15) is 4.79 Å². The Kier molecular flexibility index (Phi) is 6.47. The molecule has 1 aromatic carbocycles. The van der Waals surface area contributed by atoms with Gasteiger partial charge < -0.3 is 19.9 Å². The highest BCUT2D eigenvalue weighted by atomic mass is 35.5. The van der Waals surface area contributed by atoms with Gasteiger partial charge in [-0.2, -0.15) is 0 Å². The molecule has 0 bridgehead atoms. The molecular formula is C15H19ClN4O2S. The van der Waals surface area contributed by atoms with Crippen molar-refractivity contribution < 1.29 is 9.53 Å². The molecule has 2 heterocycles. The van der Waals surface area contributed by atoms with Gasteiger partial charge in [0.05, 0.1) is 6.61 Å². The predicted octanol–water partition coefficient (Wildman–Crippen LogP) is 1.92. The van der Waals surface area contributed by atoms with E-state index in [1.165, 1.54) is 0 Å². The molecule has 0 radical (unpaired) electrons. The average Bonchev–Trinajstić information content (AvgIpc) is 2.95. The predicted molar refractivity (Wildman–Crippen MR) is 92.3 cm³/mol. The van der Waals surface area contributed by atoms with E-state index >= 15 is 0 Å². The number of carbonyl (C=O) groups is 1. The van der Waals surface area contributed by atoms with Gasteiger partial charge in [-0.25, -0.2) is 4.98 Å². The molecule has 0 saturated carbocycles. The van der Waals surface area contributed by atoms with E-state index in [4.69, 9.17) is 4.74 Å². The van der Waals surface area contributed by atoms with Crippen molar-refractivity contribution >= 4 is 35.8 Å². The van der Waals surface area contributed by atoms with Crippen molar-refractivity contribution in [3.8, 4) is 0 Å². The fraction of sp³-hybridized carbons (Fsp3) is 0.333. The Labute approximate surface area is 145 Å². The quantitative estimate of drug-likeness (QED) is 0.878. The zero-order valence-electron chi connectivity index (χ0n) is 12.7. The largest absolute Gasteiger partial charge is 0.366 e. The molecule has 1 unspecified atom stereocenters. The highest BCUT2D eigenvalue weighted by Gasteiger charge is 2.21. The fourth-order valence-electron chi connectivity index (χ4n) is 2.12. The van der Waals surface area contributed by atoms with Gasteiger partial charge in [-0.3, -0.25) is 4.79 Å². The third-order valence-corrected chi connectivity index (χ3v) is 4.41. The lowest BCUT2D eigenvalue weighted by Crippen LogP contribution is -2.45. The molecule has 23 heavy (non-hydrogen) atoms. The van der Waals surface area contributed by atoms with Crippen LogP contribution in [0.2, 0.25) is 0 Å². The summed E-state index contributed by atoms with van der Waals surface area (Å²) in [6, 6.07) is 7.71. The molecule has 1 aromatic heterocycles. The van der Waals surface area contributed by atoms with Crippen LogP contribution in [0, 0.1) is 0 Å². The van der Waals surface area contributed by atoms with Gasteiger partial charge in [-0.15, -0.1) is 12.4 Å². The molecule has 0 spiro atoms. The first-order valence-electron chi connectivity index (χ1n) is 7.11. The number of rotatable bonds is 4. The van der Waals surface area contributed by atoms with Crippen LogP contribution in [0.3, 0.4) is 0 Å². The summed E-state index contributed by atoms with van der Waals surface area (Å²) >= 11 is 1.58. The van der Waals surface area contributed by atoms with Gasteiger partial charge in [0.2, 0.25) is 0 Å². The summed E-state index contributed by atoms with van der Waals surface area (Å²) in [4.78, 5) is 17.4. The van der Waals surface area contributed by atoms with Crippen LogP contribution in [0.25, 0.3) is 0 Å². The Balaban J connectivity index is 0.00000192. The topological polar surface area (TPSA) is 68.2 Å². The number of hydrogen-bond donors (Lipinski definition) is 2. The zero-order chi connectivity index (χ0) is 15.4. The highest BCUT2D eigenvalue weighted by molar-refractivity contribution is 7.99. The second-order valence-electron chi connectivity index (χ2n) is 5.00. The monoisotopic (exact) mass is 354 g/mol. The van der Waals surface area contributed by atoms with E-state index < -0.39 is 6.10 Å². The molecule has 1 fully saturated rings. The van der Waals surface area contributed by atoms with Crippen molar-refractivity contribution in [2.45, 2.75) is 16.2 Å². The van der Waals surface area contributed by atoms with Crippen LogP contribution in [0.4, 0.5) is 5.69 Å². The molecule has 1 atom stereocenters. The van der Waals surface area contributed by atoms with Crippen LogP contribution >= 0.6 is 24.2 Å². The van der Waals surface area contributed by atoms with E-state index in [-0.39, 0.29) is 18.3 Å². The zero-order valence-corrected chi connectivity index (χ0v) is 14.3. The molecular weight excluding hydrogens is 336 g/mol. The molecule has 8 heteroatoms. The smallest absolute Gasteiger partial charge is 0.254 e. The third-order valence-electron chi connectivity index (χ3n) is 3.33. The van der Waals surface area contributed by atoms with Crippen molar-refractivity contribution in [2.75, 3.05) is 25.0 Å². The van der Waals surface area contributed by atoms with Gasteiger partial charge in [-0.1, -0.05) is 11.8 Å². The Morgan fingerprint density at radius 3 is 2.83 bits per heavy atom. The molecule has 0 aliphatic carbocycles. The lowest BCUT2D eigenvalue weighted by atomic mass is 10.2. The van der Waals surface area contributed by atoms with Gasteiger partial charge in [0.1, 0.15) is 6.10 Å². The molecule has 6 nitrogen and oxygen atoms in total. The summed E-state index contributed by atoms with van der Waals surface area (Å²) in [5, 5.41) is 6.95. The summed E-state index contributed by atoms with van der Waals surface area (Å²) in [6.07, 6.45) is 3.26. The number of benzene rings is 1.